The SMILES string of the molecule is [CH2]C1NCC12CNC2. The van der Waals surface area contributed by atoms with Crippen LogP contribution >= 0.6 is 0 Å². The second kappa shape index (κ2) is 1.25. The zero-order valence-corrected chi connectivity index (χ0v) is 4.91. The normalized spacial score (nSPS) is 40.9. The van der Waals surface area contributed by atoms with Crippen LogP contribution in [0.3, 0.4) is 0 Å². The Kier molecular flexibility index (Phi) is 0.746. The van der Waals surface area contributed by atoms with Crippen LogP contribution in [0.5, 0.6) is 0 Å². The molecule has 0 aliphatic carbocycles. The van der Waals surface area contributed by atoms with Crippen LogP contribution in [0.2, 0.25) is 0 Å². The molecule has 1 unspecified atom stereocenters. The molecule has 0 aromatic rings. The molecule has 1 radical (unpaired) electrons. The van der Waals surface area contributed by atoms with E-state index in [1.165, 1.54) is 19.6 Å². The van der Waals surface area contributed by atoms with Gasteiger partial charge in [0.25, 0.3) is 0 Å². The maximum absolute atomic E-state index is 3.97. The Morgan fingerprint density at radius 1 is 1.38 bits per heavy atom. The van der Waals surface area contributed by atoms with Crippen molar-refractivity contribution in [3.8, 4) is 0 Å². The predicted octanol–water partition coefficient (Wildman–Crippen LogP) is -0.618. The van der Waals surface area contributed by atoms with Gasteiger partial charge in [-0.2, -0.15) is 0 Å². The molecule has 2 N–H and O–H groups in total. The van der Waals surface area contributed by atoms with Gasteiger partial charge in [-0.3, -0.25) is 0 Å². The van der Waals surface area contributed by atoms with Gasteiger partial charge >= 0.3 is 0 Å². The van der Waals surface area contributed by atoms with Crippen molar-refractivity contribution in [2.75, 3.05) is 19.6 Å². The molecular formula is C6H11N2. The van der Waals surface area contributed by atoms with E-state index in [1.54, 1.807) is 0 Å². The molecule has 2 aliphatic rings. The van der Waals surface area contributed by atoms with Crippen molar-refractivity contribution in [3.63, 3.8) is 0 Å². The van der Waals surface area contributed by atoms with E-state index in [1.807, 2.05) is 0 Å². The highest BCUT2D eigenvalue weighted by Gasteiger charge is 2.48. The average molecular weight is 111 g/mol. The molecular weight excluding hydrogens is 100 g/mol. The maximum Gasteiger partial charge on any atom is 0.0230 e. The molecule has 2 heterocycles. The molecule has 0 bridgehead atoms. The molecule has 0 aromatic heterocycles. The Labute approximate surface area is 49.7 Å². The summed E-state index contributed by atoms with van der Waals surface area (Å²) in [6, 6.07) is 0.517. The van der Waals surface area contributed by atoms with Gasteiger partial charge in [0.1, 0.15) is 0 Å². The van der Waals surface area contributed by atoms with Crippen molar-refractivity contribution >= 4 is 0 Å². The topological polar surface area (TPSA) is 24.1 Å². The summed E-state index contributed by atoms with van der Waals surface area (Å²) in [5.41, 5.74) is 0.569. The highest BCUT2D eigenvalue weighted by atomic mass is 15.1. The third-order valence-electron chi connectivity index (χ3n) is 2.39. The molecule has 2 rings (SSSR count). The number of nitrogens with one attached hydrogen (secondary N) is 2. The molecule has 0 aromatic carbocycles. The molecule has 0 saturated carbocycles. The van der Waals surface area contributed by atoms with Crippen LogP contribution in [0.15, 0.2) is 0 Å². The summed E-state index contributed by atoms with van der Waals surface area (Å²) < 4.78 is 0. The molecule has 0 amide bonds. The van der Waals surface area contributed by atoms with Gasteiger partial charge in [0.05, 0.1) is 0 Å². The average Bonchev–Trinajstić information content (AvgIpc) is 1.58. The third-order valence-corrected chi connectivity index (χ3v) is 2.39. The Morgan fingerprint density at radius 3 is 2.12 bits per heavy atom. The lowest BCUT2D eigenvalue weighted by molar-refractivity contribution is 0.0461. The fraction of sp³-hybridized carbons (Fsp3) is 0.833. The van der Waals surface area contributed by atoms with Gasteiger partial charge in [-0.15, -0.1) is 0 Å². The lowest BCUT2D eigenvalue weighted by Gasteiger charge is -2.55. The number of rotatable bonds is 0. The molecule has 8 heavy (non-hydrogen) atoms. The monoisotopic (exact) mass is 111 g/mol. The molecule has 45 valence electrons. The van der Waals surface area contributed by atoms with Crippen LogP contribution in [0.1, 0.15) is 0 Å². The van der Waals surface area contributed by atoms with Gasteiger partial charge in [0.15, 0.2) is 0 Å². The second-order valence-corrected chi connectivity index (χ2v) is 2.90. The van der Waals surface area contributed by atoms with E-state index in [4.69, 9.17) is 0 Å². The van der Waals surface area contributed by atoms with Gasteiger partial charge < -0.3 is 10.6 Å². The van der Waals surface area contributed by atoms with Gasteiger partial charge in [0, 0.05) is 31.1 Å². The molecule has 2 nitrogen and oxygen atoms in total. The standard InChI is InChI=1S/C6H11N2/c1-5-6(4-8-5)2-7-3-6/h5,7-8H,1-4H2. The van der Waals surface area contributed by atoms with Crippen LogP contribution in [0, 0.1) is 12.3 Å². The number of hydrogen-bond acceptors (Lipinski definition) is 2. The Balaban J connectivity index is 2.03. The maximum atomic E-state index is 3.97. The zero-order valence-electron chi connectivity index (χ0n) is 4.91. The lowest BCUT2D eigenvalue weighted by Crippen LogP contribution is -2.74. The van der Waals surface area contributed by atoms with E-state index < -0.39 is 0 Å². The van der Waals surface area contributed by atoms with E-state index in [0.717, 1.165) is 0 Å². The van der Waals surface area contributed by atoms with E-state index in [2.05, 4.69) is 17.6 Å². The van der Waals surface area contributed by atoms with Crippen LogP contribution < -0.4 is 10.6 Å². The first kappa shape index (κ1) is 4.77. The minimum Gasteiger partial charge on any atom is -0.315 e. The molecule has 2 heteroatoms. The van der Waals surface area contributed by atoms with Gasteiger partial charge in [-0.05, 0) is 6.92 Å². The van der Waals surface area contributed by atoms with Crippen LogP contribution in [-0.4, -0.2) is 25.7 Å². The first-order valence-corrected chi connectivity index (χ1v) is 3.11. The van der Waals surface area contributed by atoms with E-state index in [-0.39, 0.29) is 0 Å². The first-order chi connectivity index (χ1) is 3.83. The van der Waals surface area contributed by atoms with Crippen molar-refractivity contribution in [1.82, 2.24) is 10.6 Å². The van der Waals surface area contributed by atoms with Crippen molar-refractivity contribution in [3.05, 3.63) is 6.92 Å². The van der Waals surface area contributed by atoms with E-state index in [9.17, 15) is 0 Å². The number of hydrogen-bond donors (Lipinski definition) is 2. The Hall–Kier alpha value is -0.0800. The molecule has 1 spiro atoms. The van der Waals surface area contributed by atoms with Gasteiger partial charge in [-0.25, -0.2) is 0 Å². The highest BCUT2D eigenvalue weighted by Crippen LogP contribution is 2.32. The molecule has 2 aliphatic heterocycles. The van der Waals surface area contributed by atoms with E-state index >= 15 is 0 Å². The lowest BCUT2D eigenvalue weighted by atomic mass is 9.70. The van der Waals surface area contributed by atoms with Crippen LogP contribution in [0.4, 0.5) is 0 Å². The fourth-order valence-corrected chi connectivity index (χ4v) is 1.35. The smallest absolute Gasteiger partial charge is 0.0230 e. The summed E-state index contributed by atoms with van der Waals surface area (Å²) in [5.74, 6) is 0. The van der Waals surface area contributed by atoms with Crippen molar-refractivity contribution in [2.24, 2.45) is 5.41 Å². The zero-order chi connectivity index (χ0) is 5.61. The molecule has 1 atom stereocenters. The summed E-state index contributed by atoms with van der Waals surface area (Å²) in [6.07, 6.45) is 0. The predicted molar refractivity (Wildman–Crippen MR) is 32.5 cm³/mol. The van der Waals surface area contributed by atoms with Crippen molar-refractivity contribution < 1.29 is 0 Å². The van der Waals surface area contributed by atoms with Gasteiger partial charge in [-0.1, -0.05) is 0 Å². The first-order valence-electron chi connectivity index (χ1n) is 3.11. The van der Waals surface area contributed by atoms with Crippen LogP contribution in [0.25, 0.3) is 0 Å². The Bertz CT molecular complexity index is 102. The summed E-state index contributed by atoms with van der Waals surface area (Å²) in [4.78, 5) is 0. The summed E-state index contributed by atoms with van der Waals surface area (Å²) in [7, 11) is 0. The minimum absolute atomic E-state index is 0.517. The summed E-state index contributed by atoms with van der Waals surface area (Å²) >= 11 is 0. The van der Waals surface area contributed by atoms with Crippen molar-refractivity contribution in [2.45, 2.75) is 6.04 Å². The highest BCUT2D eigenvalue weighted by molar-refractivity contribution is 5.10. The van der Waals surface area contributed by atoms with Gasteiger partial charge in [0.2, 0.25) is 0 Å². The largest absolute Gasteiger partial charge is 0.315 e. The molecule has 2 fully saturated rings. The molecule has 2 saturated heterocycles. The quantitative estimate of drug-likeness (QED) is 0.435. The summed E-state index contributed by atoms with van der Waals surface area (Å²) in [6.45, 7) is 7.49. The second-order valence-electron chi connectivity index (χ2n) is 2.90. The minimum atomic E-state index is 0.517. The summed E-state index contributed by atoms with van der Waals surface area (Å²) in [5, 5.41) is 6.50. The van der Waals surface area contributed by atoms with Crippen molar-refractivity contribution in [1.29, 1.82) is 0 Å². The Morgan fingerprint density at radius 2 is 2.12 bits per heavy atom. The third kappa shape index (κ3) is 0.361. The van der Waals surface area contributed by atoms with Crippen LogP contribution in [-0.2, 0) is 0 Å². The fourth-order valence-electron chi connectivity index (χ4n) is 1.35. The van der Waals surface area contributed by atoms with E-state index in [0.29, 0.717) is 11.5 Å².